The zero-order valence-corrected chi connectivity index (χ0v) is 19.1. The van der Waals surface area contributed by atoms with E-state index in [-0.39, 0.29) is 23.9 Å². The number of fused-ring (bicyclic) bond motifs is 1. The van der Waals surface area contributed by atoms with Gasteiger partial charge in [-0.2, -0.15) is 4.98 Å². The molecule has 9 nitrogen and oxygen atoms in total. The molecule has 2 fully saturated rings. The van der Waals surface area contributed by atoms with Crippen molar-refractivity contribution in [2.75, 3.05) is 50.0 Å². The fourth-order valence-corrected chi connectivity index (χ4v) is 4.50. The molecule has 2 saturated heterocycles. The predicted molar refractivity (Wildman–Crippen MR) is 132 cm³/mol. The molecule has 2 aliphatic heterocycles. The molecule has 1 aromatic carbocycles. The normalized spacial score (nSPS) is 18.6. The van der Waals surface area contributed by atoms with Gasteiger partial charge in [0.25, 0.3) is 5.56 Å². The standard InChI is InChI=1S/C25H27N7O2/c1-3-17-14-22(33)32(16-18-8-9-26-24(18)34)23-21(17)15-27-25(29-23)28-19-4-6-20(7-5-19)31-12-10-30(2)11-13-31/h1,4-7,14-15,18H,8-13,16H2,2H3,(H,26,34)(H,27,28,29). The Bertz CT molecular complexity index is 1320. The molecule has 1 unspecified atom stereocenters. The van der Waals surface area contributed by atoms with E-state index in [2.05, 4.69) is 55.5 Å². The molecular formula is C25H27N7O2. The van der Waals surface area contributed by atoms with Crippen LogP contribution >= 0.6 is 0 Å². The van der Waals surface area contributed by atoms with Crippen molar-refractivity contribution >= 4 is 34.3 Å². The summed E-state index contributed by atoms with van der Waals surface area (Å²) in [5, 5.41) is 6.65. The predicted octanol–water partition coefficient (Wildman–Crippen LogP) is 1.40. The fourth-order valence-electron chi connectivity index (χ4n) is 4.50. The molecule has 2 N–H and O–H groups in total. The van der Waals surface area contributed by atoms with Gasteiger partial charge in [0.05, 0.1) is 11.3 Å². The van der Waals surface area contributed by atoms with E-state index < -0.39 is 0 Å². The molecule has 0 aliphatic carbocycles. The molecule has 2 aromatic heterocycles. The number of nitrogens with zero attached hydrogens (tertiary/aromatic N) is 5. The van der Waals surface area contributed by atoms with E-state index in [0.717, 1.165) is 31.9 Å². The summed E-state index contributed by atoms with van der Waals surface area (Å²) in [7, 11) is 2.14. The second-order valence-corrected chi connectivity index (χ2v) is 8.82. The highest BCUT2D eigenvalue weighted by Crippen LogP contribution is 2.23. The average Bonchev–Trinajstić information content (AvgIpc) is 3.26. The summed E-state index contributed by atoms with van der Waals surface area (Å²) in [4.78, 5) is 38.7. The Hall–Kier alpha value is -3.90. The molecular weight excluding hydrogens is 430 g/mol. The monoisotopic (exact) mass is 457 g/mol. The smallest absolute Gasteiger partial charge is 0.253 e. The van der Waals surface area contributed by atoms with Crippen LogP contribution in [0, 0.1) is 18.3 Å². The van der Waals surface area contributed by atoms with Crippen molar-refractivity contribution in [3.63, 3.8) is 0 Å². The molecule has 0 bridgehead atoms. The Labute approximate surface area is 197 Å². The van der Waals surface area contributed by atoms with Gasteiger partial charge in [0.1, 0.15) is 5.65 Å². The van der Waals surface area contributed by atoms with Crippen molar-refractivity contribution in [2.24, 2.45) is 5.92 Å². The van der Waals surface area contributed by atoms with E-state index in [1.165, 1.54) is 16.3 Å². The molecule has 9 heteroatoms. The van der Waals surface area contributed by atoms with Crippen LogP contribution in [0.1, 0.15) is 12.0 Å². The number of amides is 1. The molecule has 1 amide bonds. The number of hydrogen-bond acceptors (Lipinski definition) is 7. The number of aromatic nitrogens is 3. The number of likely N-dealkylation sites (N-methyl/N-ethyl adjacent to an activating group) is 1. The lowest BCUT2D eigenvalue weighted by Crippen LogP contribution is -2.44. The third-order valence-electron chi connectivity index (χ3n) is 6.56. The summed E-state index contributed by atoms with van der Waals surface area (Å²) >= 11 is 0. The van der Waals surface area contributed by atoms with Crippen LogP contribution in [0.3, 0.4) is 0 Å². The van der Waals surface area contributed by atoms with Gasteiger partial charge in [0.15, 0.2) is 0 Å². The van der Waals surface area contributed by atoms with Crippen molar-refractivity contribution < 1.29 is 4.79 Å². The van der Waals surface area contributed by atoms with Gasteiger partial charge in [-0.3, -0.25) is 14.2 Å². The lowest BCUT2D eigenvalue weighted by Gasteiger charge is -2.34. The van der Waals surface area contributed by atoms with Gasteiger partial charge in [-0.05, 0) is 37.7 Å². The zero-order valence-electron chi connectivity index (χ0n) is 19.1. The van der Waals surface area contributed by atoms with Crippen LogP contribution in [-0.2, 0) is 11.3 Å². The number of pyridine rings is 1. The van der Waals surface area contributed by atoms with Crippen molar-refractivity contribution in [3.05, 3.63) is 52.4 Å². The first-order chi connectivity index (χ1) is 16.5. The zero-order chi connectivity index (χ0) is 23.7. The molecule has 34 heavy (non-hydrogen) atoms. The number of terminal acetylenes is 1. The number of anilines is 3. The lowest BCUT2D eigenvalue weighted by atomic mass is 10.1. The second-order valence-electron chi connectivity index (χ2n) is 8.82. The van der Waals surface area contributed by atoms with Crippen molar-refractivity contribution in [1.29, 1.82) is 0 Å². The van der Waals surface area contributed by atoms with Gasteiger partial charge >= 0.3 is 0 Å². The lowest BCUT2D eigenvalue weighted by molar-refractivity contribution is -0.122. The Morgan fingerprint density at radius 3 is 2.62 bits per heavy atom. The maximum atomic E-state index is 12.8. The van der Waals surface area contributed by atoms with E-state index in [1.807, 2.05) is 12.1 Å². The van der Waals surface area contributed by atoms with Crippen LogP contribution in [0.2, 0.25) is 0 Å². The molecule has 0 saturated carbocycles. The van der Waals surface area contributed by atoms with Gasteiger partial charge in [0.2, 0.25) is 11.9 Å². The minimum absolute atomic E-state index is 0.0473. The Balaban J connectivity index is 1.42. The van der Waals surface area contributed by atoms with E-state index in [4.69, 9.17) is 6.42 Å². The molecule has 174 valence electrons. The van der Waals surface area contributed by atoms with E-state index in [9.17, 15) is 9.59 Å². The minimum atomic E-state index is -0.277. The Kier molecular flexibility index (Phi) is 5.90. The Morgan fingerprint density at radius 2 is 1.94 bits per heavy atom. The van der Waals surface area contributed by atoms with Gasteiger partial charge in [-0.1, -0.05) is 5.92 Å². The number of carbonyl (C=O) groups excluding carboxylic acids is 1. The van der Waals surface area contributed by atoms with Crippen molar-refractivity contribution in [1.82, 2.24) is 24.8 Å². The third-order valence-corrected chi connectivity index (χ3v) is 6.56. The van der Waals surface area contributed by atoms with Crippen molar-refractivity contribution in [3.8, 4) is 12.3 Å². The van der Waals surface area contributed by atoms with Gasteiger partial charge in [-0.25, -0.2) is 4.98 Å². The largest absolute Gasteiger partial charge is 0.369 e. The highest BCUT2D eigenvalue weighted by molar-refractivity contribution is 5.83. The van der Waals surface area contributed by atoms with E-state index >= 15 is 0 Å². The maximum absolute atomic E-state index is 12.8. The Morgan fingerprint density at radius 1 is 1.18 bits per heavy atom. The summed E-state index contributed by atoms with van der Waals surface area (Å²) in [5.74, 6) is 2.59. The van der Waals surface area contributed by atoms with Crippen LogP contribution in [0.15, 0.2) is 41.3 Å². The number of hydrogen-bond donors (Lipinski definition) is 2. The molecule has 0 spiro atoms. The van der Waals surface area contributed by atoms with Gasteiger partial charge < -0.3 is 20.4 Å². The molecule has 0 radical (unpaired) electrons. The number of piperazine rings is 1. The number of nitrogens with one attached hydrogen (secondary N) is 2. The maximum Gasteiger partial charge on any atom is 0.253 e. The van der Waals surface area contributed by atoms with Crippen LogP contribution in [0.4, 0.5) is 17.3 Å². The third kappa shape index (κ3) is 4.32. The van der Waals surface area contributed by atoms with Crippen LogP contribution in [-0.4, -0.2) is 65.1 Å². The highest BCUT2D eigenvalue weighted by atomic mass is 16.2. The first-order valence-electron chi connectivity index (χ1n) is 11.5. The summed E-state index contributed by atoms with van der Waals surface area (Å²) in [6.07, 6.45) is 7.93. The SMILES string of the molecule is C#Cc1cc(=O)n(CC2CCNC2=O)c2nc(Nc3ccc(N4CCN(C)CC4)cc3)ncc12. The quantitative estimate of drug-likeness (QED) is 0.560. The molecule has 4 heterocycles. The highest BCUT2D eigenvalue weighted by Gasteiger charge is 2.26. The van der Waals surface area contributed by atoms with E-state index in [1.54, 1.807) is 6.20 Å². The summed E-state index contributed by atoms with van der Waals surface area (Å²) in [5.41, 5.74) is 2.61. The van der Waals surface area contributed by atoms with Crippen molar-refractivity contribution in [2.45, 2.75) is 13.0 Å². The minimum Gasteiger partial charge on any atom is -0.369 e. The average molecular weight is 458 g/mol. The first kappa shape index (κ1) is 21.9. The summed E-state index contributed by atoms with van der Waals surface area (Å²) < 4.78 is 1.52. The van der Waals surface area contributed by atoms with Crippen LogP contribution in [0.5, 0.6) is 0 Å². The van der Waals surface area contributed by atoms with E-state index in [0.29, 0.717) is 35.5 Å². The number of benzene rings is 1. The molecule has 5 rings (SSSR count). The summed E-state index contributed by atoms with van der Waals surface area (Å²) in [6, 6.07) is 9.56. The first-order valence-corrected chi connectivity index (χ1v) is 11.5. The topological polar surface area (TPSA) is 95.4 Å². The van der Waals surface area contributed by atoms with Gasteiger partial charge in [-0.15, -0.1) is 6.42 Å². The van der Waals surface area contributed by atoms with Crippen LogP contribution < -0.4 is 21.1 Å². The molecule has 3 aromatic rings. The number of carbonyl (C=O) groups is 1. The fraction of sp³-hybridized carbons (Fsp3) is 0.360. The molecule has 2 aliphatic rings. The van der Waals surface area contributed by atoms with Crippen LogP contribution in [0.25, 0.3) is 11.0 Å². The summed E-state index contributed by atoms with van der Waals surface area (Å²) in [6.45, 7) is 4.98. The second kappa shape index (κ2) is 9.15. The number of rotatable bonds is 5. The molecule has 1 atom stereocenters. The van der Waals surface area contributed by atoms with Gasteiger partial charge in [0, 0.05) is 68.5 Å².